The van der Waals surface area contributed by atoms with Crippen LogP contribution in [0, 0.1) is 0 Å². The number of hydrogen-bond acceptors (Lipinski definition) is 3. The van der Waals surface area contributed by atoms with Crippen molar-refractivity contribution in [3.8, 4) is 0 Å². The van der Waals surface area contributed by atoms with Gasteiger partial charge in [0.1, 0.15) is 5.60 Å². The molecule has 2 heterocycles. The van der Waals surface area contributed by atoms with Crippen molar-refractivity contribution < 1.29 is 9.90 Å². The minimum atomic E-state index is -0.972. The maximum Gasteiger partial charge on any atom is 0.254 e. The maximum absolute atomic E-state index is 13.4. The third kappa shape index (κ3) is 3.01. The van der Waals surface area contributed by atoms with Crippen LogP contribution in [0.2, 0.25) is 0 Å². The van der Waals surface area contributed by atoms with Gasteiger partial charge in [0.15, 0.2) is 0 Å². The molecule has 5 nitrogen and oxygen atoms in total. The molecule has 0 saturated carbocycles. The lowest BCUT2D eigenvalue weighted by Crippen LogP contribution is -2.60. The summed E-state index contributed by atoms with van der Waals surface area (Å²) < 4.78 is 2.03. The summed E-state index contributed by atoms with van der Waals surface area (Å²) in [7, 11) is 5.91. The van der Waals surface area contributed by atoms with E-state index >= 15 is 0 Å². The molecule has 1 aromatic heterocycles. The Morgan fingerprint density at radius 2 is 1.86 bits per heavy atom. The molecular weight excluding hydrogens is 350 g/mol. The van der Waals surface area contributed by atoms with E-state index in [-0.39, 0.29) is 11.9 Å². The second-order valence-corrected chi connectivity index (χ2v) is 7.94. The number of nitrogens with zero attached hydrogens (tertiary/aromatic N) is 3. The smallest absolute Gasteiger partial charge is 0.254 e. The van der Waals surface area contributed by atoms with Gasteiger partial charge in [0, 0.05) is 42.8 Å². The topological polar surface area (TPSA) is 48.7 Å². The van der Waals surface area contributed by atoms with Crippen LogP contribution in [0.25, 0.3) is 10.9 Å². The standard InChI is InChI=1S/C23H27N3O2/c1-24(2)21-16-26(15-13-23(21,28)17-8-5-4-6-9-17)22(27)19-10-7-11-20-18(19)12-14-25(20)3/h4-12,14,21,28H,13,15-16H2,1-3H3/t21-,23+/m1/s1. The normalized spacial score (nSPS) is 22.8. The van der Waals surface area contributed by atoms with E-state index < -0.39 is 5.60 Å². The molecule has 5 heteroatoms. The summed E-state index contributed by atoms with van der Waals surface area (Å²) in [6.07, 6.45) is 2.49. The van der Waals surface area contributed by atoms with Gasteiger partial charge in [-0.3, -0.25) is 4.79 Å². The predicted molar refractivity (Wildman–Crippen MR) is 111 cm³/mol. The lowest BCUT2D eigenvalue weighted by Gasteiger charge is -2.47. The summed E-state index contributed by atoms with van der Waals surface area (Å²) in [5, 5.41) is 12.5. The van der Waals surface area contributed by atoms with Gasteiger partial charge >= 0.3 is 0 Å². The number of aliphatic hydroxyl groups is 1. The van der Waals surface area contributed by atoms with Gasteiger partial charge in [-0.2, -0.15) is 0 Å². The lowest BCUT2D eigenvalue weighted by atomic mass is 9.79. The molecule has 0 spiro atoms. The molecule has 1 saturated heterocycles. The average molecular weight is 377 g/mol. The van der Waals surface area contributed by atoms with Gasteiger partial charge in [0.05, 0.1) is 6.04 Å². The second-order valence-electron chi connectivity index (χ2n) is 7.94. The van der Waals surface area contributed by atoms with Crippen LogP contribution >= 0.6 is 0 Å². The van der Waals surface area contributed by atoms with Crippen molar-refractivity contribution in [2.75, 3.05) is 27.2 Å². The Balaban J connectivity index is 1.65. The van der Waals surface area contributed by atoms with E-state index in [0.717, 1.165) is 22.0 Å². The summed E-state index contributed by atoms with van der Waals surface area (Å²) in [5.41, 5.74) is 1.71. The number of carbonyl (C=O) groups is 1. The Hall–Kier alpha value is -2.63. The minimum absolute atomic E-state index is 0.0266. The third-order valence-electron chi connectivity index (χ3n) is 6.05. The summed E-state index contributed by atoms with van der Waals surface area (Å²) in [5.74, 6) is 0.0266. The zero-order valence-corrected chi connectivity index (χ0v) is 16.7. The van der Waals surface area contributed by atoms with Crippen molar-refractivity contribution in [2.24, 2.45) is 7.05 Å². The highest BCUT2D eigenvalue weighted by atomic mass is 16.3. The molecule has 28 heavy (non-hydrogen) atoms. The largest absolute Gasteiger partial charge is 0.383 e. The molecule has 0 bridgehead atoms. The third-order valence-corrected chi connectivity index (χ3v) is 6.05. The van der Waals surface area contributed by atoms with Crippen molar-refractivity contribution in [3.63, 3.8) is 0 Å². The van der Waals surface area contributed by atoms with Crippen LogP contribution in [0.5, 0.6) is 0 Å². The molecule has 2 atom stereocenters. The number of benzene rings is 2. The van der Waals surface area contributed by atoms with Crippen LogP contribution in [0.1, 0.15) is 22.3 Å². The number of aromatic nitrogens is 1. The number of likely N-dealkylation sites (N-methyl/N-ethyl adjacent to an activating group) is 1. The van der Waals surface area contributed by atoms with Gasteiger partial charge in [0.25, 0.3) is 5.91 Å². The second kappa shape index (κ2) is 7.08. The van der Waals surface area contributed by atoms with Crippen molar-refractivity contribution in [1.82, 2.24) is 14.4 Å². The van der Waals surface area contributed by atoms with Crippen molar-refractivity contribution in [3.05, 3.63) is 71.9 Å². The lowest BCUT2D eigenvalue weighted by molar-refractivity contribution is -0.0810. The highest BCUT2D eigenvalue weighted by Crippen LogP contribution is 2.36. The van der Waals surface area contributed by atoms with E-state index in [9.17, 15) is 9.90 Å². The van der Waals surface area contributed by atoms with Gasteiger partial charge in [-0.1, -0.05) is 36.4 Å². The molecule has 0 unspecified atom stereocenters. The van der Waals surface area contributed by atoms with Crippen LogP contribution in [0.15, 0.2) is 60.8 Å². The first-order valence-corrected chi connectivity index (χ1v) is 9.69. The fourth-order valence-corrected chi connectivity index (χ4v) is 4.42. The van der Waals surface area contributed by atoms with E-state index in [0.29, 0.717) is 19.5 Å². The number of piperidine rings is 1. The molecule has 1 aliphatic heterocycles. The zero-order valence-electron chi connectivity index (χ0n) is 16.7. The SMILES string of the molecule is CN(C)[C@@H]1CN(C(=O)c2cccc3c2ccn3C)CC[C@]1(O)c1ccccc1. The number of amides is 1. The van der Waals surface area contributed by atoms with Crippen molar-refractivity contribution >= 4 is 16.8 Å². The predicted octanol–water partition coefficient (Wildman–Crippen LogP) is 2.84. The zero-order chi connectivity index (χ0) is 19.9. The molecule has 4 rings (SSSR count). The fraction of sp³-hybridized carbons (Fsp3) is 0.348. The minimum Gasteiger partial charge on any atom is -0.383 e. The van der Waals surface area contributed by atoms with Crippen molar-refractivity contribution in [2.45, 2.75) is 18.1 Å². The Morgan fingerprint density at radius 3 is 2.57 bits per heavy atom. The summed E-state index contributed by atoms with van der Waals surface area (Å²) >= 11 is 0. The molecule has 3 aromatic rings. The van der Waals surface area contributed by atoms with E-state index in [4.69, 9.17) is 0 Å². The van der Waals surface area contributed by atoms with E-state index in [1.165, 1.54) is 0 Å². The van der Waals surface area contributed by atoms with Crippen molar-refractivity contribution in [1.29, 1.82) is 0 Å². The molecule has 146 valence electrons. The molecule has 1 fully saturated rings. The average Bonchev–Trinajstić information content (AvgIpc) is 3.09. The summed E-state index contributed by atoms with van der Waals surface area (Å²) in [6.45, 7) is 1.01. The summed E-state index contributed by atoms with van der Waals surface area (Å²) in [6, 6.07) is 17.5. The monoisotopic (exact) mass is 377 g/mol. The first-order chi connectivity index (χ1) is 13.4. The number of carbonyl (C=O) groups excluding carboxylic acids is 1. The van der Waals surface area contributed by atoms with Gasteiger partial charge in [-0.05, 0) is 44.3 Å². The highest BCUT2D eigenvalue weighted by molar-refractivity contribution is 6.06. The number of aryl methyl sites for hydroxylation is 1. The number of rotatable bonds is 3. The van der Waals surface area contributed by atoms with Gasteiger partial charge < -0.3 is 19.5 Å². The Kier molecular flexibility index (Phi) is 4.73. The molecule has 1 amide bonds. The Labute approximate surface area is 165 Å². The molecule has 2 aromatic carbocycles. The maximum atomic E-state index is 13.4. The highest BCUT2D eigenvalue weighted by Gasteiger charge is 2.45. The van der Waals surface area contributed by atoms with E-state index in [1.54, 1.807) is 0 Å². The van der Waals surface area contributed by atoms with Crippen LogP contribution in [-0.4, -0.2) is 58.6 Å². The number of likely N-dealkylation sites (tertiary alicyclic amines) is 1. The molecule has 0 aliphatic carbocycles. The molecule has 1 aliphatic rings. The first kappa shape index (κ1) is 18.7. The number of hydrogen-bond donors (Lipinski definition) is 1. The van der Waals surface area contributed by atoms with Gasteiger partial charge in [-0.25, -0.2) is 0 Å². The van der Waals surface area contributed by atoms with E-state index in [1.807, 2.05) is 96.3 Å². The quantitative estimate of drug-likeness (QED) is 0.764. The van der Waals surface area contributed by atoms with Crippen LogP contribution in [0.3, 0.4) is 0 Å². The van der Waals surface area contributed by atoms with Crippen LogP contribution < -0.4 is 0 Å². The molecule has 0 radical (unpaired) electrons. The van der Waals surface area contributed by atoms with E-state index in [2.05, 4.69) is 0 Å². The summed E-state index contributed by atoms with van der Waals surface area (Å²) in [4.78, 5) is 17.3. The molecular formula is C23H27N3O2. The number of fused-ring (bicyclic) bond motifs is 1. The Bertz CT molecular complexity index is 996. The van der Waals surface area contributed by atoms with Crippen LogP contribution in [0.4, 0.5) is 0 Å². The first-order valence-electron chi connectivity index (χ1n) is 9.69. The van der Waals surface area contributed by atoms with Crippen LogP contribution in [-0.2, 0) is 12.6 Å². The Morgan fingerprint density at radius 1 is 1.11 bits per heavy atom. The van der Waals surface area contributed by atoms with Gasteiger partial charge in [-0.15, -0.1) is 0 Å². The fourth-order valence-electron chi connectivity index (χ4n) is 4.42. The van der Waals surface area contributed by atoms with Gasteiger partial charge in [0.2, 0.25) is 0 Å². The molecule has 1 N–H and O–H groups in total.